The van der Waals surface area contributed by atoms with Gasteiger partial charge in [-0.25, -0.2) is 0 Å². The third-order valence-corrected chi connectivity index (χ3v) is 3.38. The van der Waals surface area contributed by atoms with Gasteiger partial charge in [0.2, 0.25) is 0 Å². The molecule has 0 aliphatic rings. The summed E-state index contributed by atoms with van der Waals surface area (Å²) in [5.74, 6) is 0.779. The van der Waals surface area contributed by atoms with Crippen molar-refractivity contribution in [1.82, 2.24) is 4.98 Å². The fourth-order valence-corrected chi connectivity index (χ4v) is 2.23. The summed E-state index contributed by atoms with van der Waals surface area (Å²) in [5.41, 5.74) is 2.56. The summed E-state index contributed by atoms with van der Waals surface area (Å²) in [7, 11) is 1.63. The number of fused-ring (bicyclic) bond motifs is 1. The number of rotatable bonds is 3. The Kier molecular flexibility index (Phi) is 3.35. The van der Waals surface area contributed by atoms with E-state index in [2.05, 4.69) is 4.98 Å². The lowest BCUT2D eigenvalue weighted by molar-refractivity contribution is 0.220. The first-order valence-electron chi connectivity index (χ1n) is 6.44. The van der Waals surface area contributed by atoms with Gasteiger partial charge < -0.3 is 9.84 Å². The van der Waals surface area contributed by atoms with Gasteiger partial charge in [-0.2, -0.15) is 0 Å². The van der Waals surface area contributed by atoms with Crippen LogP contribution in [-0.4, -0.2) is 17.2 Å². The molecule has 0 aliphatic carbocycles. The predicted molar refractivity (Wildman–Crippen MR) is 78.8 cm³/mol. The summed E-state index contributed by atoms with van der Waals surface area (Å²) in [6.07, 6.45) is 1.10. The van der Waals surface area contributed by atoms with Gasteiger partial charge in [-0.1, -0.05) is 30.3 Å². The number of hydrogen-bond donors (Lipinski definition) is 1. The number of aliphatic hydroxyl groups is 1. The van der Waals surface area contributed by atoms with Gasteiger partial charge in [-0.3, -0.25) is 4.98 Å². The van der Waals surface area contributed by atoms with Crippen LogP contribution in [0.4, 0.5) is 0 Å². The maximum absolute atomic E-state index is 10.4. The van der Waals surface area contributed by atoms with E-state index in [1.807, 2.05) is 54.6 Å². The van der Waals surface area contributed by atoms with Gasteiger partial charge in [0.05, 0.1) is 12.6 Å². The second-order valence-electron chi connectivity index (χ2n) is 4.63. The Labute approximate surface area is 117 Å². The lowest BCUT2D eigenvalue weighted by atomic mass is 10.00. The smallest absolute Gasteiger partial charge is 0.118 e. The molecule has 1 heterocycles. The Balaban J connectivity index is 1.96. The van der Waals surface area contributed by atoms with Crippen LogP contribution >= 0.6 is 0 Å². The first-order chi connectivity index (χ1) is 9.78. The first kappa shape index (κ1) is 12.6. The molecule has 3 aromatic rings. The second-order valence-corrected chi connectivity index (χ2v) is 4.63. The molecule has 100 valence electrons. The standard InChI is InChI=1S/C17H15NO2/c1-20-15-8-6-13(7-9-15)17(19)14-5-4-12-3-2-10-18-16(12)11-14/h2-11,17,19H,1H3. The summed E-state index contributed by atoms with van der Waals surface area (Å²) in [5, 5.41) is 11.5. The molecule has 3 heteroatoms. The van der Waals surface area contributed by atoms with E-state index in [1.165, 1.54) is 0 Å². The Morgan fingerprint density at radius 1 is 1.00 bits per heavy atom. The highest BCUT2D eigenvalue weighted by Crippen LogP contribution is 2.26. The van der Waals surface area contributed by atoms with E-state index in [-0.39, 0.29) is 0 Å². The number of aromatic nitrogens is 1. The van der Waals surface area contributed by atoms with E-state index >= 15 is 0 Å². The average molecular weight is 265 g/mol. The molecule has 2 aromatic carbocycles. The molecule has 20 heavy (non-hydrogen) atoms. The van der Waals surface area contributed by atoms with Crippen LogP contribution < -0.4 is 4.74 Å². The van der Waals surface area contributed by atoms with Crippen molar-refractivity contribution < 1.29 is 9.84 Å². The number of nitrogens with zero attached hydrogens (tertiary/aromatic N) is 1. The van der Waals surface area contributed by atoms with Crippen molar-refractivity contribution in [3.8, 4) is 5.75 Å². The van der Waals surface area contributed by atoms with E-state index in [0.29, 0.717) is 0 Å². The normalized spacial score (nSPS) is 12.3. The average Bonchev–Trinajstić information content (AvgIpc) is 2.54. The van der Waals surface area contributed by atoms with Gasteiger partial charge in [-0.05, 0) is 35.4 Å². The summed E-state index contributed by atoms with van der Waals surface area (Å²) in [6, 6.07) is 17.2. The summed E-state index contributed by atoms with van der Waals surface area (Å²) in [4.78, 5) is 4.31. The third-order valence-electron chi connectivity index (χ3n) is 3.38. The molecule has 0 saturated heterocycles. The maximum Gasteiger partial charge on any atom is 0.118 e. The summed E-state index contributed by atoms with van der Waals surface area (Å²) in [6.45, 7) is 0. The molecule has 0 radical (unpaired) electrons. The van der Waals surface area contributed by atoms with Crippen LogP contribution in [0, 0.1) is 0 Å². The molecule has 0 saturated carbocycles. The van der Waals surface area contributed by atoms with E-state index in [1.54, 1.807) is 13.3 Å². The maximum atomic E-state index is 10.4. The fraction of sp³-hybridized carbons (Fsp3) is 0.118. The molecule has 0 fully saturated rings. The highest BCUT2D eigenvalue weighted by Gasteiger charge is 2.11. The van der Waals surface area contributed by atoms with E-state index in [9.17, 15) is 5.11 Å². The molecule has 1 N–H and O–H groups in total. The van der Waals surface area contributed by atoms with Crippen molar-refractivity contribution in [3.05, 3.63) is 71.9 Å². The summed E-state index contributed by atoms with van der Waals surface area (Å²) < 4.78 is 5.12. The van der Waals surface area contributed by atoms with Crippen LogP contribution in [0.2, 0.25) is 0 Å². The molecule has 3 rings (SSSR count). The number of ether oxygens (including phenoxy) is 1. The van der Waals surface area contributed by atoms with Gasteiger partial charge in [-0.15, -0.1) is 0 Å². The second kappa shape index (κ2) is 5.31. The van der Waals surface area contributed by atoms with Gasteiger partial charge in [0.15, 0.2) is 0 Å². The van der Waals surface area contributed by atoms with Crippen LogP contribution in [-0.2, 0) is 0 Å². The zero-order chi connectivity index (χ0) is 13.9. The minimum atomic E-state index is -0.660. The minimum absolute atomic E-state index is 0.660. The van der Waals surface area contributed by atoms with Crippen LogP contribution in [0.25, 0.3) is 10.9 Å². The number of methoxy groups -OCH3 is 1. The van der Waals surface area contributed by atoms with E-state index in [4.69, 9.17) is 4.74 Å². The largest absolute Gasteiger partial charge is 0.497 e. The molecule has 0 bridgehead atoms. The highest BCUT2D eigenvalue weighted by molar-refractivity contribution is 5.79. The minimum Gasteiger partial charge on any atom is -0.497 e. The van der Waals surface area contributed by atoms with Gasteiger partial charge >= 0.3 is 0 Å². The lowest BCUT2D eigenvalue weighted by Gasteiger charge is -2.12. The Morgan fingerprint density at radius 2 is 1.75 bits per heavy atom. The van der Waals surface area contributed by atoms with Crippen molar-refractivity contribution in [1.29, 1.82) is 0 Å². The molecule has 1 atom stereocenters. The fourth-order valence-electron chi connectivity index (χ4n) is 2.23. The van der Waals surface area contributed by atoms with Gasteiger partial charge in [0, 0.05) is 11.6 Å². The molecule has 0 aliphatic heterocycles. The van der Waals surface area contributed by atoms with Crippen molar-refractivity contribution in [2.24, 2.45) is 0 Å². The van der Waals surface area contributed by atoms with Gasteiger partial charge in [0.1, 0.15) is 11.9 Å². The van der Waals surface area contributed by atoms with E-state index < -0.39 is 6.10 Å². The van der Waals surface area contributed by atoms with Crippen LogP contribution in [0.3, 0.4) is 0 Å². The van der Waals surface area contributed by atoms with Crippen LogP contribution in [0.5, 0.6) is 5.75 Å². The summed E-state index contributed by atoms with van der Waals surface area (Å²) >= 11 is 0. The van der Waals surface area contributed by atoms with Crippen LogP contribution in [0.1, 0.15) is 17.2 Å². The Bertz CT molecular complexity index is 722. The van der Waals surface area contributed by atoms with Crippen molar-refractivity contribution >= 4 is 10.9 Å². The quantitative estimate of drug-likeness (QED) is 0.790. The monoisotopic (exact) mass is 265 g/mol. The topological polar surface area (TPSA) is 42.4 Å². The first-order valence-corrected chi connectivity index (χ1v) is 6.44. The Hall–Kier alpha value is -2.39. The Morgan fingerprint density at radius 3 is 2.50 bits per heavy atom. The molecule has 0 amide bonds. The van der Waals surface area contributed by atoms with Crippen LogP contribution in [0.15, 0.2) is 60.8 Å². The molecular formula is C17H15NO2. The molecular weight excluding hydrogens is 250 g/mol. The molecule has 1 unspecified atom stereocenters. The third kappa shape index (κ3) is 2.36. The van der Waals surface area contributed by atoms with Crippen molar-refractivity contribution in [2.75, 3.05) is 7.11 Å². The lowest BCUT2D eigenvalue weighted by Crippen LogP contribution is -1.99. The molecule has 0 spiro atoms. The highest BCUT2D eigenvalue weighted by atomic mass is 16.5. The number of aliphatic hydroxyl groups excluding tert-OH is 1. The van der Waals surface area contributed by atoms with Gasteiger partial charge in [0.25, 0.3) is 0 Å². The number of pyridine rings is 1. The zero-order valence-electron chi connectivity index (χ0n) is 11.2. The number of hydrogen-bond acceptors (Lipinski definition) is 3. The van der Waals surface area contributed by atoms with E-state index in [0.717, 1.165) is 27.8 Å². The molecule has 1 aromatic heterocycles. The molecule has 3 nitrogen and oxygen atoms in total. The zero-order valence-corrected chi connectivity index (χ0v) is 11.2. The number of benzene rings is 2. The van der Waals surface area contributed by atoms with Crippen molar-refractivity contribution in [2.45, 2.75) is 6.10 Å². The van der Waals surface area contributed by atoms with Crippen molar-refractivity contribution in [3.63, 3.8) is 0 Å². The SMILES string of the molecule is COc1ccc(C(O)c2ccc3cccnc3c2)cc1. The predicted octanol–water partition coefficient (Wildman–Crippen LogP) is 3.33.